The number of alkyl carbamates (subject to hydrolysis) is 1. The molecular formula is C13H16NO2. The molecule has 0 aromatic heterocycles. The lowest BCUT2D eigenvalue weighted by Gasteiger charge is -2.11. The van der Waals surface area contributed by atoms with Crippen LogP contribution in [0.3, 0.4) is 0 Å². The molecule has 0 aliphatic rings. The number of hydrogen-bond acceptors (Lipinski definition) is 2. The van der Waals surface area contributed by atoms with Crippen molar-refractivity contribution in [2.75, 3.05) is 0 Å². The number of benzene rings is 1. The first-order chi connectivity index (χ1) is 7.72. The van der Waals surface area contributed by atoms with Gasteiger partial charge in [0.15, 0.2) is 0 Å². The van der Waals surface area contributed by atoms with E-state index >= 15 is 0 Å². The lowest BCUT2D eigenvalue weighted by atomic mass is 10.2. The van der Waals surface area contributed by atoms with Crippen molar-refractivity contribution < 1.29 is 9.53 Å². The summed E-state index contributed by atoms with van der Waals surface area (Å²) in [5.74, 6) is 0. The van der Waals surface area contributed by atoms with Gasteiger partial charge in [0.2, 0.25) is 0 Å². The number of nitrogens with one attached hydrogen (secondary N) is 1. The van der Waals surface area contributed by atoms with E-state index in [0.29, 0.717) is 6.42 Å². The molecule has 1 N–H and O–H groups in total. The van der Waals surface area contributed by atoms with Crippen LogP contribution in [0.2, 0.25) is 0 Å². The van der Waals surface area contributed by atoms with Gasteiger partial charge in [0.1, 0.15) is 6.61 Å². The first-order valence-corrected chi connectivity index (χ1v) is 5.13. The van der Waals surface area contributed by atoms with Gasteiger partial charge in [-0.3, -0.25) is 0 Å². The fourth-order valence-corrected chi connectivity index (χ4v) is 1.19. The smallest absolute Gasteiger partial charge is 0.407 e. The molecule has 0 spiro atoms. The Morgan fingerprint density at radius 2 is 2.12 bits per heavy atom. The summed E-state index contributed by atoms with van der Waals surface area (Å²) in [5.41, 5.74) is 0.960. The van der Waals surface area contributed by atoms with E-state index in [4.69, 9.17) is 4.74 Å². The van der Waals surface area contributed by atoms with Crippen LogP contribution in [0.4, 0.5) is 4.79 Å². The Balaban J connectivity index is 2.28. The highest BCUT2D eigenvalue weighted by Gasteiger charge is 2.06. The lowest BCUT2D eigenvalue weighted by molar-refractivity contribution is 0.137. The van der Waals surface area contributed by atoms with Crippen LogP contribution in [0.1, 0.15) is 12.0 Å². The summed E-state index contributed by atoms with van der Waals surface area (Å²) in [6.07, 6.45) is 1.88. The van der Waals surface area contributed by atoms with E-state index in [2.05, 4.69) is 18.8 Å². The van der Waals surface area contributed by atoms with Gasteiger partial charge in [0.25, 0.3) is 0 Å². The topological polar surface area (TPSA) is 38.3 Å². The van der Waals surface area contributed by atoms with Gasteiger partial charge in [-0.1, -0.05) is 36.4 Å². The SMILES string of the molecule is [CH2][C@@H](CC=C)NC(=O)OCc1ccccc1. The predicted octanol–water partition coefficient (Wildman–Crippen LogP) is 2.69. The molecular weight excluding hydrogens is 202 g/mol. The van der Waals surface area contributed by atoms with Crippen LogP contribution < -0.4 is 5.32 Å². The Morgan fingerprint density at radius 1 is 1.44 bits per heavy atom. The van der Waals surface area contributed by atoms with E-state index in [1.54, 1.807) is 6.08 Å². The summed E-state index contributed by atoms with van der Waals surface area (Å²) >= 11 is 0. The molecule has 1 aromatic rings. The third kappa shape index (κ3) is 4.64. The minimum absolute atomic E-state index is 0.194. The van der Waals surface area contributed by atoms with Gasteiger partial charge in [-0.05, 0) is 18.9 Å². The van der Waals surface area contributed by atoms with Crippen LogP contribution in [-0.4, -0.2) is 12.1 Å². The molecule has 0 fully saturated rings. The molecule has 0 heterocycles. The van der Waals surface area contributed by atoms with Gasteiger partial charge in [-0.2, -0.15) is 0 Å². The van der Waals surface area contributed by atoms with Crippen LogP contribution in [0, 0.1) is 6.92 Å². The van der Waals surface area contributed by atoms with Crippen molar-refractivity contribution in [3.05, 3.63) is 55.5 Å². The molecule has 0 bridgehead atoms. The molecule has 1 rings (SSSR count). The predicted molar refractivity (Wildman–Crippen MR) is 63.7 cm³/mol. The monoisotopic (exact) mass is 218 g/mol. The third-order valence-corrected chi connectivity index (χ3v) is 1.99. The van der Waals surface area contributed by atoms with Crippen molar-refractivity contribution >= 4 is 6.09 Å². The van der Waals surface area contributed by atoms with Crippen molar-refractivity contribution in [3.8, 4) is 0 Å². The molecule has 1 aromatic carbocycles. The number of ether oxygens (including phenoxy) is 1. The highest BCUT2D eigenvalue weighted by molar-refractivity contribution is 5.67. The molecule has 0 aliphatic carbocycles. The van der Waals surface area contributed by atoms with Gasteiger partial charge in [0, 0.05) is 6.04 Å². The van der Waals surface area contributed by atoms with E-state index in [1.807, 2.05) is 30.3 Å². The second-order valence-electron chi connectivity index (χ2n) is 3.43. The molecule has 1 atom stereocenters. The third-order valence-electron chi connectivity index (χ3n) is 1.99. The quantitative estimate of drug-likeness (QED) is 0.772. The fourth-order valence-electron chi connectivity index (χ4n) is 1.19. The van der Waals surface area contributed by atoms with Crippen molar-refractivity contribution in [2.45, 2.75) is 19.1 Å². The summed E-state index contributed by atoms with van der Waals surface area (Å²) in [5, 5.41) is 2.61. The standard InChI is InChI=1S/C13H16NO2/c1-3-7-11(2)14-13(15)16-10-12-8-5-4-6-9-12/h3-6,8-9,11H,1-2,7,10H2,(H,14,15)/t11-/m0/s1. The van der Waals surface area contributed by atoms with Crippen molar-refractivity contribution in [2.24, 2.45) is 0 Å². The van der Waals surface area contributed by atoms with Crippen LogP contribution >= 0.6 is 0 Å². The second-order valence-corrected chi connectivity index (χ2v) is 3.43. The fraction of sp³-hybridized carbons (Fsp3) is 0.231. The molecule has 0 aliphatic heterocycles. The van der Waals surface area contributed by atoms with E-state index < -0.39 is 6.09 Å². The van der Waals surface area contributed by atoms with Crippen molar-refractivity contribution in [3.63, 3.8) is 0 Å². The summed E-state index contributed by atoms with van der Waals surface area (Å²) in [4.78, 5) is 11.3. The number of amides is 1. The first-order valence-electron chi connectivity index (χ1n) is 5.13. The highest BCUT2D eigenvalue weighted by atomic mass is 16.5. The molecule has 1 amide bonds. The molecule has 3 heteroatoms. The summed E-state index contributed by atoms with van der Waals surface area (Å²) in [6, 6.07) is 9.33. The van der Waals surface area contributed by atoms with Crippen LogP contribution in [0.5, 0.6) is 0 Å². The maximum absolute atomic E-state index is 11.3. The zero-order valence-electron chi connectivity index (χ0n) is 9.19. The molecule has 0 unspecified atom stereocenters. The molecule has 85 valence electrons. The Hall–Kier alpha value is -1.77. The highest BCUT2D eigenvalue weighted by Crippen LogP contribution is 2.01. The van der Waals surface area contributed by atoms with Gasteiger partial charge in [0.05, 0.1) is 0 Å². The average Bonchev–Trinajstić information content (AvgIpc) is 2.28. The number of carbonyl (C=O) groups excluding carboxylic acids is 1. The molecule has 1 radical (unpaired) electrons. The molecule has 0 saturated carbocycles. The largest absolute Gasteiger partial charge is 0.445 e. The van der Waals surface area contributed by atoms with Gasteiger partial charge < -0.3 is 10.1 Å². The summed E-state index contributed by atoms with van der Waals surface area (Å²) in [7, 11) is 0. The molecule has 16 heavy (non-hydrogen) atoms. The molecule has 0 saturated heterocycles. The Morgan fingerprint density at radius 3 is 2.75 bits per heavy atom. The van der Waals surface area contributed by atoms with Gasteiger partial charge >= 0.3 is 6.09 Å². The number of hydrogen-bond donors (Lipinski definition) is 1. The molecule has 3 nitrogen and oxygen atoms in total. The maximum Gasteiger partial charge on any atom is 0.407 e. The Bertz CT molecular complexity index is 335. The first kappa shape index (κ1) is 12.3. The number of rotatable bonds is 5. The van der Waals surface area contributed by atoms with Crippen LogP contribution in [0.15, 0.2) is 43.0 Å². The Kier molecular flexibility index (Phi) is 5.12. The maximum atomic E-state index is 11.3. The van der Waals surface area contributed by atoms with E-state index in [1.165, 1.54) is 0 Å². The zero-order valence-corrected chi connectivity index (χ0v) is 9.19. The van der Waals surface area contributed by atoms with E-state index in [-0.39, 0.29) is 12.6 Å². The zero-order chi connectivity index (χ0) is 11.8. The normalized spacial score (nSPS) is 11.6. The summed E-state index contributed by atoms with van der Waals surface area (Å²) in [6.45, 7) is 7.58. The lowest BCUT2D eigenvalue weighted by Crippen LogP contribution is -2.32. The Labute approximate surface area is 96.1 Å². The summed E-state index contributed by atoms with van der Waals surface area (Å²) < 4.78 is 5.02. The van der Waals surface area contributed by atoms with E-state index in [0.717, 1.165) is 5.56 Å². The average molecular weight is 218 g/mol. The second kappa shape index (κ2) is 6.67. The van der Waals surface area contributed by atoms with E-state index in [9.17, 15) is 4.79 Å². The van der Waals surface area contributed by atoms with Crippen LogP contribution in [-0.2, 0) is 11.3 Å². The van der Waals surface area contributed by atoms with Gasteiger partial charge in [-0.25, -0.2) is 4.79 Å². The minimum atomic E-state index is -0.453. The minimum Gasteiger partial charge on any atom is -0.445 e. The van der Waals surface area contributed by atoms with Crippen LogP contribution in [0.25, 0.3) is 0 Å². The van der Waals surface area contributed by atoms with Crippen molar-refractivity contribution in [1.82, 2.24) is 5.32 Å². The van der Waals surface area contributed by atoms with Crippen molar-refractivity contribution in [1.29, 1.82) is 0 Å². The van der Waals surface area contributed by atoms with Gasteiger partial charge in [-0.15, -0.1) is 6.58 Å². The number of carbonyl (C=O) groups is 1.